The van der Waals surface area contributed by atoms with Crippen molar-refractivity contribution in [2.75, 3.05) is 31.1 Å². The van der Waals surface area contributed by atoms with Crippen LogP contribution in [0.3, 0.4) is 0 Å². The summed E-state index contributed by atoms with van der Waals surface area (Å²) in [6.07, 6.45) is -0.236. The number of carbonyl (C=O) groups excluding carboxylic acids is 1. The molecular weight excluding hydrogens is 322 g/mol. The number of nitrogens with zero attached hydrogens (tertiary/aromatic N) is 2. The van der Waals surface area contributed by atoms with Crippen LogP contribution in [0.15, 0.2) is 11.0 Å². The second-order valence-corrected chi connectivity index (χ2v) is 7.76. The van der Waals surface area contributed by atoms with Crippen molar-refractivity contribution in [3.63, 3.8) is 0 Å². The maximum atomic E-state index is 12.2. The van der Waals surface area contributed by atoms with E-state index in [4.69, 9.17) is 10.5 Å². The Balaban J connectivity index is 2.10. The van der Waals surface area contributed by atoms with Crippen molar-refractivity contribution in [2.45, 2.75) is 51.7 Å². The fourth-order valence-electron chi connectivity index (χ4n) is 2.93. The Kier molecular flexibility index (Phi) is 5.71. The van der Waals surface area contributed by atoms with Gasteiger partial charge in [-0.3, -0.25) is 0 Å². The molecule has 0 saturated carbocycles. The summed E-state index contributed by atoms with van der Waals surface area (Å²) in [5.74, 6) is 0. The zero-order valence-corrected chi connectivity index (χ0v) is 16.2. The Morgan fingerprint density at radius 1 is 1.21 bits per heavy atom. The molecule has 1 amide bonds. The van der Waals surface area contributed by atoms with E-state index in [1.54, 1.807) is 4.90 Å². The van der Waals surface area contributed by atoms with E-state index >= 15 is 0 Å². The Hall–Kier alpha value is -1.40. The summed E-state index contributed by atoms with van der Waals surface area (Å²) in [6, 6.07) is 2.16. The van der Waals surface area contributed by atoms with Crippen LogP contribution in [-0.2, 0) is 11.3 Å². The normalized spacial score (nSPS) is 15.6. The lowest BCUT2D eigenvalue weighted by atomic mass is 10.0. The molecule has 0 radical (unpaired) electrons. The number of piperazine rings is 1. The Bertz CT molecular complexity index is 618. The van der Waals surface area contributed by atoms with Gasteiger partial charge in [-0.25, -0.2) is 4.79 Å². The highest BCUT2D eigenvalue weighted by Gasteiger charge is 2.27. The number of ether oxygens (including phenoxy) is 1. The minimum absolute atomic E-state index is 0.236. The summed E-state index contributed by atoms with van der Waals surface area (Å²) < 4.78 is 5.45. The zero-order chi connectivity index (χ0) is 18.1. The number of nitrogens with two attached hydrogens (primary N) is 1. The largest absolute Gasteiger partial charge is 0.444 e. The Morgan fingerprint density at radius 2 is 1.79 bits per heavy atom. The molecule has 1 aliphatic heterocycles. The van der Waals surface area contributed by atoms with Crippen LogP contribution in [-0.4, -0.2) is 42.8 Å². The van der Waals surface area contributed by atoms with E-state index in [0.29, 0.717) is 19.6 Å². The van der Waals surface area contributed by atoms with Crippen molar-refractivity contribution < 1.29 is 9.53 Å². The highest BCUT2D eigenvalue weighted by Crippen LogP contribution is 2.32. The van der Waals surface area contributed by atoms with Gasteiger partial charge in [0.1, 0.15) is 5.60 Å². The molecule has 2 N–H and O–H groups in total. The number of carbonyl (C=O) groups is 1. The number of anilines is 1. The summed E-state index contributed by atoms with van der Waals surface area (Å²) in [6.45, 7) is 13.2. The van der Waals surface area contributed by atoms with E-state index in [1.165, 1.54) is 5.56 Å². The highest BCUT2D eigenvalue weighted by molar-refractivity contribution is 7.80. The smallest absolute Gasteiger partial charge is 0.410 e. The molecule has 1 saturated heterocycles. The number of amides is 1. The first-order chi connectivity index (χ1) is 11.1. The van der Waals surface area contributed by atoms with Gasteiger partial charge in [0.15, 0.2) is 0 Å². The van der Waals surface area contributed by atoms with E-state index in [9.17, 15) is 4.79 Å². The summed E-state index contributed by atoms with van der Waals surface area (Å²) in [5.41, 5.74) is 10.0. The van der Waals surface area contributed by atoms with Gasteiger partial charge in [-0.2, -0.15) is 0 Å². The molecule has 0 bridgehead atoms. The topological polar surface area (TPSA) is 58.8 Å². The molecule has 6 heteroatoms. The van der Waals surface area contributed by atoms with Crippen LogP contribution in [0.4, 0.5) is 10.5 Å². The first-order valence-electron chi connectivity index (χ1n) is 8.39. The fourth-order valence-corrected chi connectivity index (χ4v) is 3.19. The minimum Gasteiger partial charge on any atom is -0.444 e. The van der Waals surface area contributed by atoms with Gasteiger partial charge < -0.3 is 20.3 Å². The molecule has 1 aromatic rings. The second kappa shape index (κ2) is 7.23. The predicted molar refractivity (Wildman–Crippen MR) is 101 cm³/mol. The number of hydrogen-bond donors (Lipinski definition) is 2. The van der Waals surface area contributed by atoms with Crippen LogP contribution in [0.1, 0.15) is 37.5 Å². The van der Waals surface area contributed by atoms with Gasteiger partial charge in [0, 0.05) is 43.3 Å². The van der Waals surface area contributed by atoms with Crippen LogP contribution < -0.4 is 10.6 Å². The molecule has 24 heavy (non-hydrogen) atoms. The molecule has 1 aliphatic rings. The van der Waals surface area contributed by atoms with Crippen molar-refractivity contribution in [3.8, 4) is 0 Å². The van der Waals surface area contributed by atoms with Crippen LogP contribution in [0.25, 0.3) is 0 Å². The van der Waals surface area contributed by atoms with Crippen LogP contribution in [0.5, 0.6) is 0 Å². The standard InChI is InChI=1S/C18H29N3O2S/c1-12-14(11-19)10-15(13(2)16(12)24)20-6-8-21(9-7-20)17(22)23-18(3,4)5/h10,24H,6-9,11,19H2,1-5H3. The van der Waals surface area contributed by atoms with E-state index < -0.39 is 5.60 Å². The zero-order valence-electron chi connectivity index (χ0n) is 15.3. The lowest BCUT2D eigenvalue weighted by Gasteiger charge is -2.37. The third-order valence-electron chi connectivity index (χ3n) is 4.38. The molecule has 5 nitrogen and oxygen atoms in total. The van der Waals surface area contributed by atoms with E-state index in [-0.39, 0.29) is 6.09 Å². The number of hydrogen-bond acceptors (Lipinski definition) is 5. The van der Waals surface area contributed by atoms with E-state index in [0.717, 1.165) is 34.8 Å². The number of benzene rings is 1. The molecule has 1 aromatic carbocycles. The third-order valence-corrected chi connectivity index (χ3v) is 5.05. The van der Waals surface area contributed by atoms with Gasteiger partial charge in [-0.1, -0.05) is 0 Å². The monoisotopic (exact) mass is 351 g/mol. The quantitative estimate of drug-likeness (QED) is 0.804. The molecule has 0 aromatic heterocycles. The summed E-state index contributed by atoms with van der Waals surface area (Å²) in [5, 5.41) is 0. The highest BCUT2D eigenvalue weighted by atomic mass is 32.1. The Labute approximate surface area is 150 Å². The van der Waals surface area contributed by atoms with Gasteiger partial charge in [-0.15, -0.1) is 12.6 Å². The molecule has 0 spiro atoms. The molecule has 0 aliphatic carbocycles. The summed E-state index contributed by atoms with van der Waals surface area (Å²) in [7, 11) is 0. The molecule has 2 rings (SSSR count). The van der Waals surface area contributed by atoms with E-state index in [1.807, 2.05) is 20.8 Å². The van der Waals surface area contributed by atoms with Gasteiger partial charge >= 0.3 is 6.09 Å². The van der Waals surface area contributed by atoms with Gasteiger partial charge in [0.25, 0.3) is 0 Å². The van der Waals surface area contributed by atoms with Crippen LogP contribution in [0, 0.1) is 13.8 Å². The number of rotatable bonds is 2. The molecule has 0 atom stereocenters. The summed E-state index contributed by atoms with van der Waals surface area (Å²) in [4.78, 5) is 17.3. The molecule has 1 fully saturated rings. The number of thiol groups is 1. The van der Waals surface area contributed by atoms with Gasteiger partial charge in [-0.05, 0) is 57.4 Å². The van der Waals surface area contributed by atoms with Crippen LogP contribution >= 0.6 is 12.6 Å². The average Bonchev–Trinajstić information content (AvgIpc) is 2.52. The van der Waals surface area contributed by atoms with E-state index in [2.05, 4.69) is 37.4 Å². The summed E-state index contributed by atoms with van der Waals surface area (Å²) >= 11 is 4.65. The van der Waals surface area contributed by atoms with Crippen LogP contribution in [0.2, 0.25) is 0 Å². The van der Waals surface area contributed by atoms with Crippen molar-refractivity contribution in [1.29, 1.82) is 0 Å². The lowest BCUT2D eigenvalue weighted by Crippen LogP contribution is -2.50. The molecule has 0 unspecified atom stereocenters. The predicted octanol–water partition coefficient (Wildman–Crippen LogP) is 3.11. The van der Waals surface area contributed by atoms with Crippen molar-refractivity contribution in [1.82, 2.24) is 4.90 Å². The molecular formula is C18H29N3O2S. The van der Waals surface area contributed by atoms with Crippen molar-refractivity contribution >= 4 is 24.4 Å². The maximum absolute atomic E-state index is 12.2. The average molecular weight is 352 g/mol. The maximum Gasteiger partial charge on any atom is 0.410 e. The third kappa shape index (κ3) is 4.16. The van der Waals surface area contributed by atoms with Gasteiger partial charge in [0.05, 0.1) is 0 Å². The SMILES string of the molecule is Cc1c(CN)cc(N2CCN(C(=O)OC(C)(C)C)CC2)c(C)c1S. The van der Waals surface area contributed by atoms with Gasteiger partial charge in [0.2, 0.25) is 0 Å². The lowest BCUT2D eigenvalue weighted by molar-refractivity contribution is 0.0240. The second-order valence-electron chi connectivity index (χ2n) is 7.31. The Morgan fingerprint density at radius 3 is 2.29 bits per heavy atom. The first-order valence-corrected chi connectivity index (χ1v) is 8.83. The minimum atomic E-state index is -0.460. The molecule has 134 valence electrons. The molecule has 1 heterocycles. The fraction of sp³-hybridized carbons (Fsp3) is 0.611. The first kappa shape index (κ1) is 18.9. The van der Waals surface area contributed by atoms with Crippen molar-refractivity contribution in [3.05, 3.63) is 22.8 Å². The van der Waals surface area contributed by atoms with Crippen molar-refractivity contribution in [2.24, 2.45) is 5.73 Å².